The molecule has 126 valence electrons. The maximum atomic E-state index is 12.9. The third-order valence-corrected chi connectivity index (χ3v) is 3.53. The number of halogens is 2. The molecule has 0 aliphatic carbocycles. The van der Waals surface area contributed by atoms with Crippen molar-refractivity contribution < 1.29 is 18.8 Å². The van der Waals surface area contributed by atoms with Crippen molar-refractivity contribution in [2.75, 3.05) is 13.7 Å². The predicted octanol–water partition coefficient (Wildman–Crippen LogP) is 3.42. The van der Waals surface area contributed by atoms with Crippen LogP contribution in [0.15, 0.2) is 42.5 Å². The van der Waals surface area contributed by atoms with Crippen LogP contribution in [0.25, 0.3) is 0 Å². The molecule has 0 fully saturated rings. The van der Waals surface area contributed by atoms with Crippen molar-refractivity contribution in [2.24, 2.45) is 0 Å². The average Bonchev–Trinajstić information content (AvgIpc) is 2.55. The molecule has 2 aromatic carbocycles. The summed E-state index contributed by atoms with van der Waals surface area (Å²) < 4.78 is 18.2. The van der Waals surface area contributed by atoms with Gasteiger partial charge in [0.15, 0.2) is 6.61 Å². The summed E-state index contributed by atoms with van der Waals surface area (Å²) in [6.07, 6.45) is 0. The number of non-ortho nitro benzene ring substituents is 1. The summed E-state index contributed by atoms with van der Waals surface area (Å²) in [5, 5.41) is 10.7. The minimum absolute atomic E-state index is 0.0539. The maximum absolute atomic E-state index is 12.9. The van der Waals surface area contributed by atoms with Crippen LogP contribution in [0.2, 0.25) is 5.02 Å². The first-order valence-corrected chi connectivity index (χ1v) is 7.30. The molecule has 0 atom stereocenters. The number of nitro benzene ring substituents is 1. The number of hydrogen-bond donors (Lipinski definition) is 0. The van der Waals surface area contributed by atoms with Crippen LogP contribution >= 0.6 is 11.6 Å². The Balaban J connectivity index is 1.92. The van der Waals surface area contributed by atoms with Gasteiger partial charge in [-0.2, -0.15) is 0 Å². The van der Waals surface area contributed by atoms with Crippen LogP contribution in [0.3, 0.4) is 0 Å². The Labute approximate surface area is 142 Å². The molecule has 0 aliphatic rings. The van der Waals surface area contributed by atoms with Crippen molar-refractivity contribution in [1.82, 2.24) is 4.90 Å². The number of carbonyl (C=O) groups excluding carboxylic acids is 1. The monoisotopic (exact) mass is 352 g/mol. The normalized spacial score (nSPS) is 10.3. The molecule has 0 heterocycles. The first-order chi connectivity index (χ1) is 11.4. The predicted molar refractivity (Wildman–Crippen MR) is 86.5 cm³/mol. The van der Waals surface area contributed by atoms with Crippen LogP contribution in [0.1, 0.15) is 5.56 Å². The highest BCUT2D eigenvalue weighted by Crippen LogP contribution is 2.28. The van der Waals surface area contributed by atoms with Gasteiger partial charge in [0.05, 0.1) is 9.95 Å². The van der Waals surface area contributed by atoms with Gasteiger partial charge in [0.2, 0.25) is 0 Å². The molecule has 0 aromatic heterocycles. The summed E-state index contributed by atoms with van der Waals surface area (Å²) in [6, 6.07) is 9.56. The largest absolute Gasteiger partial charge is 0.482 e. The Morgan fingerprint density at radius 2 is 1.96 bits per heavy atom. The van der Waals surface area contributed by atoms with Crippen molar-refractivity contribution in [1.29, 1.82) is 0 Å². The molecule has 0 N–H and O–H groups in total. The Hall–Kier alpha value is -2.67. The van der Waals surface area contributed by atoms with E-state index in [1.807, 2.05) is 0 Å². The number of amides is 1. The lowest BCUT2D eigenvalue weighted by molar-refractivity contribution is -0.384. The lowest BCUT2D eigenvalue weighted by Crippen LogP contribution is -2.31. The average molecular weight is 353 g/mol. The Kier molecular flexibility index (Phi) is 5.70. The molecule has 0 aliphatic heterocycles. The molecule has 0 saturated heterocycles. The zero-order valence-electron chi connectivity index (χ0n) is 12.7. The lowest BCUT2D eigenvalue weighted by Gasteiger charge is -2.18. The number of nitro groups is 1. The van der Waals surface area contributed by atoms with Crippen LogP contribution in [-0.4, -0.2) is 29.4 Å². The minimum Gasteiger partial charge on any atom is -0.482 e. The maximum Gasteiger partial charge on any atom is 0.271 e. The van der Waals surface area contributed by atoms with Crippen LogP contribution in [0.4, 0.5) is 10.1 Å². The Morgan fingerprint density at radius 1 is 1.29 bits per heavy atom. The molecule has 2 aromatic rings. The fourth-order valence-corrected chi connectivity index (χ4v) is 2.15. The lowest BCUT2D eigenvalue weighted by atomic mass is 10.2. The second-order valence-electron chi connectivity index (χ2n) is 5.04. The zero-order valence-corrected chi connectivity index (χ0v) is 13.5. The Morgan fingerprint density at radius 3 is 2.54 bits per heavy atom. The second kappa shape index (κ2) is 7.74. The van der Waals surface area contributed by atoms with E-state index in [2.05, 4.69) is 0 Å². The van der Waals surface area contributed by atoms with E-state index in [1.165, 1.54) is 29.2 Å². The number of hydrogen-bond acceptors (Lipinski definition) is 4. The van der Waals surface area contributed by atoms with Crippen LogP contribution < -0.4 is 4.74 Å². The molecule has 0 saturated carbocycles. The van der Waals surface area contributed by atoms with Crippen molar-refractivity contribution in [3.05, 3.63) is 69.0 Å². The number of likely N-dealkylation sites (N-methyl/N-ethyl adjacent to an activating group) is 1. The van der Waals surface area contributed by atoms with E-state index >= 15 is 0 Å². The van der Waals surface area contributed by atoms with Crippen molar-refractivity contribution >= 4 is 23.2 Å². The molecule has 0 bridgehead atoms. The van der Waals surface area contributed by atoms with E-state index in [9.17, 15) is 19.3 Å². The van der Waals surface area contributed by atoms with Gasteiger partial charge in [-0.25, -0.2) is 4.39 Å². The first-order valence-electron chi connectivity index (χ1n) is 6.92. The minimum atomic E-state index is -0.572. The van der Waals surface area contributed by atoms with Crippen LogP contribution in [0.5, 0.6) is 5.75 Å². The zero-order chi connectivity index (χ0) is 17.7. The van der Waals surface area contributed by atoms with Crippen LogP contribution in [-0.2, 0) is 11.3 Å². The summed E-state index contributed by atoms with van der Waals surface area (Å²) in [4.78, 5) is 23.5. The SMILES string of the molecule is CN(Cc1ccc(F)cc1)C(=O)COc1ccc([N+](=O)[O-])cc1Cl. The quantitative estimate of drug-likeness (QED) is 0.589. The number of ether oxygens (including phenoxy) is 1. The smallest absolute Gasteiger partial charge is 0.271 e. The molecule has 1 amide bonds. The first kappa shape index (κ1) is 17.7. The molecule has 2 rings (SSSR count). The molecule has 0 unspecified atom stereocenters. The van der Waals surface area contributed by atoms with Gasteiger partial charge in [-0.05, 0) is 23.8 Å². The number of carbonyl (C=O) groups is 1. The molecule has 6 nitrogen and oxygen atoms in total. The molecular weight excluding hydrogens is 339 g/mol. The van der Waals surface area contributed by atoms with Crippen molar-refractivity contribution in [2.45, 2.75) is 6.54 Å². The highest BCUT2D eigenvalue weighted by molar-refractivity contribution is 6.32. The fraction of sp³-hybridized carbons (Fsp3) is 0.188. The van der Waals surface area contributed by atoms with Crippen LogP contribution in [0, 0.1) is 15.9 Å². The van der Waals surface area contributed by atoms with Gasteiger partial charge in [0.25, 0.3) is 11.6 Å². The van der Waals surface area contributed by atoms with Gasteiger partial charge in [0, 0.05) is 25.7 Å². The van der Waals surface area contributed by atoms with E-state index in [-0.39, 0.29) is 34.8 Å². The van der Waals surface area contributed by atoms with Gasteiger partial charge in [-0.3, -0.25) is 14.9 Å². The summed E-state index contributed by atoms with van der Waals surface area (Å²) >= 11 is 5.89. The fourth-order valence-electron chi connectivity index (χ4n) is 1.92. The Bertz CT molecular complexity index is 752. The van der Waals surface area contributed by atoms with Gasteiger partial charge >= 0.3 is 0 Å². The third kappa shape index (κ3) is 4.66. The van der Waals surface area contributed by atoms with Crippen molar-refractivity contribution in [3.63, 3.8) is 0 Å². The van der Waals surface area contributed by atoms with E-state index in [0.717, 1.165) is 11.6 Å². The topological polar surface area (TPSA) is 72.7 Å². The third-order valence-electron chi connectivity index (χ3n) is 3.24. The summed E-state index contributed by atoms with van der Waals surface area (Å²) in [5.41, 5.74) is 0.618. The standard InChI is InChI=1S/C16H14ClFN2O4/c1-19(9-11-2-4-12(18)5-3-11)16(21)10-24-15-7-6-13(20(22)23)8-14(15)17/h2-8H,9-10H2,1H3. The van der Waals surface area contributed by atoms with E-state index < -0.39 is 4.92 Å². The molecule has 0 spiro atoms. The van der Waals surface area contributed by atoms with Gasteiger partial charge in [-0.1, -0.05) is 23.7 Å². The highest BCUT2D eigenvalue weighted by atomic mass is 35.5. The summed E-state index contributed by atoms with van der Waals surface area (Å²) in [5.74, 6) is -0.469. The number of rotatable bonds is 6. The summed E-state index contributed by atoms with van der Waals surface area (Å²) in [6.45, 7) is 0.0334. The highest BCUT2D eigenvalue weighted by Gasteiger charge is 2.14. The molecule has 8 heteroatoms. The van der Waals surface area contributed by atoms with Crippen molar-refractivity contribution in [3.8, 4) is 5.75 Å². The van der Waals surface area contributed by atoms with Gasteiger partial charge in [0.1, 0.15) is 11.6 Å². The second-order valence-corrected chi connectivity index (χ2v) is 5.44. The van der Waals surface area contributed by atoms with E-state index in [4.69, 9.17) is 16.3 Å². The molecular formula is C16H14ClFN2O4. The summed E-state index contributed by atoms with van der Waals surface area (Å²) in [7, 11) is 1.59. The van der Waals surface area contributed by atoms with Gasteiger partial charge in [-0.15, -0.1) is 0 Å². The van der Waals surface area contributed by atoms with E-state index in [0.29, 0.717) is 6.54 Å². The van der Waals surface area contributed by atoms with Gasteiger partial charge < -0.3 is 9.64 Å². The number of benzene rings is 2. The van der Waals surface area contributed by atoms with E-state index in [1.54, 1.807) is 19.2 Å². The molecule has 24 heavy (non-hydrogen) atoms. The number of nitrogens with zero attached hydrogens (tertiary/aromatic N) is 2. The molecule has 0 radical (unpaired) electrons.